The first-order chi connectivity index (χ1) is 11.2. The van der Waals surface area contributed by atoms with E-state index in [1.807, 2.05) is 6.92 Å². The molecule has 0 fully saturated rings. The largest absolute Gasteiger partial charge is 0.454 e. The van der Waals surface area contributed by atoms with E-state index in [-0.39, 0.29) is 12.5 Å². The van der Waals surface area contributed by atoms with Gasteiger partial charge in [0.25, 0.3) is 5.91 Å². The molecule has 0 atom stereocenters. The van der Waals surface area contributed by atoms with Crippen LogP contribution in [-0.2, 0) is 6.54 Å². The van der Waals surface area contributed by atoms with E-state index < -0.39 is 11.3 Å². The van der Waals surface area contributed by atoms with Gasteiger partial charge in [-0.1, -0.05) is 6.92 Å². The van der Waals surface area contributed by atoms with Gasteiger partial charge in [0.2, 0.25) is 12.2 Å². The van der Waals surface area contributed by atoms with Crippen molar-refractivity contribution < 1.29 is 14.3 Å². The van der Waals surface area contributed by atoms with Crippen LogP contribution in [0.25, 0.3) is 10.9 Å². The standard InChI is InChI=1S/C15H17N3O4S/c1-2-4-18-10-7-12-11(21-8-22-12)6-9(10)14(19)13(17-18)15(20)16-3-5-23/h6-7,23H,2-5,8H2,1H3,(H,16,20). The number of nitrogens with zero attached hydrogens (tertiary/aromatic N) is 2. The second-order valence-electron chi connectivity index (χ2n) is 5.10. The van der Waals surface area contributed by atoms with Crippen LogP contribution in [0.1, 0.15) is 23.8 Å². The number of hydrogen-bond donors (Lipinski definition) is 2. The van der Waals surface area contributed by atoms with Crippen LogP contribution in [0, 0.1) is 0 Å². The number of ether oxygens (including phenoxy) is 2. The molecule has 0 unspecified atom stereocenters. The summed E-state index contributed by atoms with van der Waals surface area (Å²) in [7, 11) is 0. The van der Waals surface area contributed by atoms with Gasteiger partial charge in [-0.05, 0) is 12.5 Å². The molecule has 0 aliphatic carbocycles. The Morgan fingerprint density at radius 1 is 1.39 bits per heavy atom. The Morgan fingerprint density at radius 3 is 2.83 bits per heavy atom. The van der Waals surface area contributed by atoms with Gasteiger partial charge in [0, 0.05) is 24.9 Å². The molecule has 0 spiro atoms. The van der Waals surface area contributed by atoms with Crippen LogP contribution in [0.3, 0.4) is 0 Å². The Hall–Kier alpha value is -2.22. The second-order valence-corrected chi connectivity index (χ2v) is 5.55. The number of aryl methyl sites for hydroxylation is 1. The molecule has 1 aromatic carbocycles. The Kier molecular flexibility index (Phi) is 4.42. The molecule has 8 heteroatoms. The third-order valence-electron chi connectivity index (χ3n) is 3.50. The monoisotopic (exact) mass is 335 g/mol. The molecule has 7 nitrogen and oxygen atoms in total. The highest BCUT2D eigenvalue weighted by Crippen LogP contribution is 2.34. The summed E-state index contributed by atoms with van der Waals surface area (Å²) in [4.78, 5) is 24.8. The van der Waals surface area contributed by atoms with Gasteiger partial charge in [-0.2, -0.15) is 17.7 Å². The van der Waals surface area contributed by atoms with Crippen molar-refractivity contribution in [2.75, 3.05) is 19.1 Å². The average molecular weight is 335 g/mol. The molecule has 2 heterocycles. The van der Waals surface area contributed by atoms with Crippen molar-refractivity contribution >= 4 is 29.4 Å². The third-order valence-corrected chi connectivity index (χ3v) is 3.72. The van der Waals surface area contributed by atoms with Crippen molar-refractivity contribution in [3.05, 3.63) is 28.0 Å². The van der Waals surface area contributed by atoms with E-state index in [9.17, 15) is 9.59 Å². The van der Waals surface area contributed by atoms with Crippen LogP contribution < -0.4 is 20.2 Å². The predicted molar refractivity (Wildman–Crippen MR) is 88.6 cm³/mol. The van der Waals surface area contributed by atoms with Crippen molar-refractivity contribution in [2.24, 2.45) is 0 Å². The molecule has 2 aromatic rings. The molecule has 0 radical (unpaired) electrons. The van der Waals surface area contributed by atoms with Crippen molar-refractivity contribution in [1.82, 2.24) is 15.1 Å². The number of fused-ring (bicyclic) bond motifs is 2. The fourth-order valence-electron chi connectivity index (χ4n) is 2.46. The first-order valence-electron chi connectivity index (χ1n) is 7.39. The highest BCUT2D eigenvalue weighted by atomic mass is 32.1. The lowest BCUT2D eigenvalue weighted by atomic mass is 10.1. The predicted octanol–water partition coefficient (Wildman–Crippen LogP) is 1.19. The van der Waals surface area contributed by atoms with Crippen LogP contribution in [0.4, 0.5) is 0 Å². The number of benzene rings is 1. The van der Waals surface area contributed by atoms with Crippen LogP contribution in [-0.4, -0.2) is 34.8 Å². The number of amides is 1. The van der Waals surface area contributed by atoms with Gasteiger partial charge < -0.3 is 14.8 Å². The van der Waals surface area contributed by atoms with E-state index >= 15 is 0 Å². The van der Waals surface area contributed by atoms with E-state index in [1.165, 1.54) is 0 Å². The molecular formula is C15H17N3O4S. The highest BCUT2D eigenvalue weighted by Gasteiger charge is 2.21. The first-order valence-corrected chi connectivity index (χ1v) is 8.02. The maximum Gasteiger partial charge on any atom is 0.275 e. The van der Waals surface area contributed by atoms with Crippen LogP contribution in [0.15, 0.2) is 16.9 Å². The molecule has 0 saturated carbocycles. The maximum atomic E-state index is 12.6. The SMILES string of the molecule is CCCn1nc(C(=O)NCCS)c(=O)c2cc3c(cc21)OCO3. The Bertz CT molecular complexity index is 818. The topological polar surface area (TPSA) is 82.5 Å². The van der Waals surface area contributed by atoms with Crippen LogP contribution in [0.5, 0.6) is 11.5 Å². The van der Waals surface area contributed by atoms with Gasteiger partial charge in [0.15, 0.2) is 17.2 Å². The van der Waals surface area contributed by atoms with Crippen molar-refractivity contribution in [1.29, 1.82) is 0 Å². The summed E-state index contributed by atoms with van der Waals surface area (Å²) in [6.45, 7) is 3.08. The lowest BCUT2D eigenvalue weighted by Gasteiger charge is -2.12. The minimum atomic E-state index is -0.492. The number of aromatic nitrogens is 2. The number of hydrogen-bond acceptors (Lipinski definition) is 6. The molecule has 1 aliphatic heterocycles. The summed E-state index contributed by atoms with van der Waals surface area (Å²) in [5.74, 6) is 1.08. The lowest BCUT2D eigenvalue weighted by molar-refractivity contribution is 0.0948. The normalized spacial score (nSPS) is 12.6. The molecule has 3 rings (SSSR count). The molecule has 0 bridgehead atoms. The molecule has 0 saturated heterocycles. The first kappa shape index (κ1) is 15.7. The molecular weight excluding hydrogens is 318 g/mol. The molecule has 23 heavy (non-hydrogen) atoms. The highest BCUT2D eigenvalue weighted by molar-refractivity contribution is 7.80. The Morgan fingerprint density at radius 2 is 2.13 bits per heavy atom. The van der Waals surface area contributed by atoms with Gasteiger partial charge in [0.05, 0.1) is 10.9 Å². The fourth-order valence-corrected chi connectivity index (χ4v) is 2.57. The van der Waals surface area contributed by atoms with Gasteiger partial charge in [-0.3, -0.25) is 14.3 Å². The minimum absolute atomic E-state index is 0.119. The number of carbonyl (C=O) groups is 1. The number of thiol groups is 1. The van der Waals surface area contributed by atoms with Crippen molar-refractivity contribution in [3.8, 4) is 11.5 Å². The number of nitrogens with one attached hydrogen (secondary N) is 1. The summed E-state index contributed by atoms with van der Waals surface area (Å²) in [6, 6.07) is 3.35. The minimum Gasteiger partial charge on any atom is -0.454 e. The number of carbonyl (C=O) groups excluding carboxylic acids is 1. The van der Waals surface area contributed by atoms with Gasteiger partial charge in [-0.15, -0.1) is 0 Å². The summed E-state index contributed by atoms with van der Waals surface area (Å²) >= 11 is 4.04. The van der Waals surface area contributed by atoms with E-state index in [2.05, 4.69) is 23.0 Å². The molecule has 1 amide bonds. The average Bonchev–Trinajstić information content (AvgIpc) is 3.01. The Labute approximate surface area is 138 Å². The summed E-state index contributed by atoms with van der Waals surface area (Å²) in [5, 5.41) is 7.26. The van der Waals surface area contributed by atoms with E-state index in [0.29, 0.717) is 41.2 Å². The van der Waals surface area contributed by atoms with Gasteiger partial charge in [-0.25, -0.2) is 0 Å². The van der Waals surface area contributed by atoms with E-state index in [4.69, 9.17) is 9.47 Å². The van der Waals surface area contributed by atoms with Crippen LogP contribution >= 0.6 is 12.6 Å². The molecule has 1 aliphatic rings. The maximum absolute atomic E-state index is 12.6. The third kappa shape index (κ3) is 2.86. The van der Waals surface area contributed by atoms with Crippen molar-refractivity contribution in [3.63, 3.8) is 0 Å². The number of rotatable bonds is 5. The zero-order valence-electron chi connectivity index (χ0n) is 12.7. The smallest absolute Gasteiger partial charge is 0.275 e. The van der Waals surface area contributed by atoms with E-state index in [1.54, 1.807) is 16.8 Å². The van der Waals surface area contributed by atoms with Crippen LogP contribution in [0.2, 0.25) is 0 Å². The quantitative estimate of drug-likeness (QED) is 0.802. The summed E-state index contributed by atoms with van der Waals surface area (Å²) < 4.78 is 12.3. The fraction of sp³-hybridized carbons (Fsp3) is 0.400. The van der Waals surface area contributed by atoms with Crippen molar-refractivity contribution in [2.45, 2.75) is 19.9 Å². The summed E-state index contributed by atoms with van der Waals surface area (Å²) in [6.07, 6.45) is 0.817. The summed E-state index contributed by atoms with van der Waals surface area (Å²) in [5.41, 5.74) is 0.0979. The Balaban J connectivity index is 2.19. The van der Waals surface area contributed by atoms with E-state index in [0.717, 1.165) is 6.42 Å². The zero-order valence-corrected chi connectivity index (χ0v) is 13.6. The lowest BCUT2D eigenvalue weighted by Crippen LogP contribution is -2.33. The van der Waals surface area contributed by atoms with Gasteiger partial charge >= 0.3 is 0 Å². The second kappa shape index (κ2) is 6.49. The molecule has 122 valence electrons. The zero-order chi connectivity index (χ0) is 16.4. The van der Waals surface area contributed by atoms with Gasteiger partial charge in [0.1, 0.15) is 0 Å². The molecule has 1 aromatic heterocycles. The molecule has 1 N–H and O–H groups in total.